The van der Waals surface area contributed by atoms with Crippen LogP contribution in [0.25, 0.3) is 6.08 Å². The molecule has 0 saturated heterocycles. The number of rotatable bonds is 2. The van der Waals surface area contributed by atoms with E-state index < -0.39 is 0 Å². The lowest BCUT2D eigenvalue weighted by atomic mass is 9.97. The Morgan fingerprint density at radius 2 is 1.95 bits per heavy atom. The van der Waals surface area contributed by atoms with Crippen LogP contribution in [0.2, 0.25) is 0 Å². The molecule has 0 aromatic heterocycles. The fraction of sp³-hybridized carbons (Fsp3) is 0.222. The highest BCUT2D eigenvalue weighted by Crippen LogP contribution is 2.34. The van der Waals surface area contributed by atoms with Gasteiger partial charge in [0.2, 0.25) is 0 Å². The van der Waals surface area contributed by atoms with Crippen molar-refractivity contribution in [2.24, 2.45) is 0 Å². The summed E-state index contributed by atoms with van der Waals surface area (Å²) in [6.45, 7) is 0. The normalized spacial score (nSPS) is 17.4. The smallest absolute Gasteiger partial charge is 0.0531 e. The molecule has 108 valence electrons. The fourth-order valence-electron chi connectivity index (χ4n) is 2.60. The van der Waals surface area contributed by atoms with Crippen molar-refractivity contribution in [3.05, 3.63) is 68.3 Å². The number of hydrogen-bond donors (Lipinski definition) is 1. The summed E-state index contributed by atoms with van der Waals surface area (Å²) in [4.78, 5) is 0. The number of allylic oxidation sites excluding steroid dienone is 6. The minimum Gasteiger partial charge on any atom is -0.355 e. The Hall–Kier alpha value is -1.06. The number of fused-ring (bicyclic) bond motifs is 1. The zero-order valence-electron chi connectivity index (χ0n) is 11.7. The van der Waals surface area contributed by atoms with Gasteiger partial charge in [-0.2, -0.15) is 0 Å². The molecule has 1 aromatic rings. The SMILES string of the molecule is BrC1=CC(Nc2ccc3c(c2Br)CCC=C3)=CCC=CC1. The van der Waals surface area contributed by atoms with Crippen LogP contribution in [-0.4, -0.2) is 0 Å². The molecule has 2 aliphatic rings. The van der Waals surface area contributed by atoms with Gasteiger partial charge in [-0.1, -0.05) is 52.4 Å². The third kappa shape index (κ3) is 3.58. The van der Waals surface area contributed by atoms with E-state index in [9.17, 15) is 0 Å². The van der Waals surface area contributed by atoms with E-state index >= 15 is 0 Å². The number of nitrogens with one attached hydrogen (secondary N) is 1. The van der Waals surface area contributed by atoms with Crippen molar-refractivity contribution in [3.63, 3.8) is 0 Å². The van der Waals surface area contributed by atoms with E-state index in [0.717, 1.165) is 37.1 Å². The fourth-order valence-corrected chi connectivity index (χ4v) is 3.69. The average molecular weight is 407 g/mol. The molecule has 0 bridgehead atoms. The van der Waals surface area contributed by atoms with Crippen molar-refractivity contribution in [3.8, 4) is 0 Å². The predicted octanol–water partition coefficient (Wildman–Crippen LogP) is 6.33. The van der Waals surface area contributed by atoms with Crippen molar-refractivity contribution < 1.29 is 0 Å². The zero-order chi connectivity index (χ0) is 14.7. The summed E-state index contributed by atoms with van der Waals surface area (Å²) in [5.41, 5.74) is 5.00. The van der Waals surface area contributed by atoms with Gasteiger partial charge >= 0.3 is 0 Å². The van der Waals surface area contributed by atoms with Crippen molar-refractivity contribution in [2.75, 3.05) is 5.32 Å². The first-order chi connectivity index (χ1) is 10.2. The quantitative estimate of drug-likeness (QED) is 0.565. The number of anilines is 1. The van der Waals surface area contributed by atoms with E-state index in [1.807, 2.05) is 0 Å². The third-order valence-electron chi connectivity index (χ3n) is 3.68. The Bertz CT molecular complexity index is 666. The first-order valence-electron chi connectivity index (χ1n) is 7.20. The molecule has 1 nitrogen and oxygen atoms in total. The van der Waals surface area contributed by atoms with E-state index in [2.05, 4.69) is 85.8 Å². The lowest BCUT2D eigenvalue weighted by molar-refractivity contribution is 0.978. The van der Waals surface area contributed by atoms with Crippen molar-refractivity contribution in [1.29, 1.82) is 0 Å². The van der Waals surface area contributed by atoms with Crippen molar-refractivity contribution in [2.45, 2.75) is 25.7 Å². The Morgan fingerprint density at radius 3 is 2.86 bits per heavy atom. The zero-order valence-corrected chi connectivity index (χ0v) is 14.9. The van der Waals surface area contributed by atoms with Gasteiger partial charge < -0.3 is 5.32 Å². The highest BCUT2D eigenvalue weighted by atomic mass is 79.9. The van der Waals surface area contributed by atoms with Gasteiger partial charge in [0.05, 0.1) is 5.69 Å². The molecule has 2 aliphatic carbocycles. The van der Waals surface area contributed by atoms with Crippen molar-refractivity contribution in [1.82, 2.24) is 0 Å². The molecule has 0 aliphatic heterocycles. The number of halogens is 2. The molecule has 21 heavy (non-hydrogen) atoms. The average Bonchev–Trinajstić information content (AvgIpc) is 2.47. The molecule has 1 aromatic carbocycles. The summed E-state index contributed by atoms with van der Waals surface area (Å²) in [5.74, 6) is 0. The molecule has 0 spiro atoms. The molecule has 0 atom stereocenters. The van der Waals surface area contributed by atoms with Crippen LogP contribution in [0.1, 0.15) is 30.4 Å². The van der Waals surface area contributed by atoms with Crippen LogP contribution in [0.4, 0.5) is 5.69 Å². The Morgan fingerprint density at radius 1 is 1.05 bits per heavy atom. The lowest BCUT2D eigenvalue weighted by Gasteiger charge is -2.17. The van der Waals surface area contributed by atoms with E-state index in [0.29, 0.717) is 0 Å². The van der Waals surface area contributed by atoms with Gasteiger partial charge in [-0.15, -0.1) is 0 Å². The van der Waals surface area contributed by atoms with E-state index in [1.165, 1.54) is 20.1 Å². The number of hydrogen-bond acceptors (Lipinski definition) is 1. The minimum atomic E-state index is 0.954. The van der Waals surface area contributed by atoms with Crippen LogP contribution < -0.4 is 5.32 Å². The van der Waals surface area contributed by atoms with Crippen LogP contribution in [0.3, 0.4) is 0 Å². The lowest BCUT2D eigenvalue weighted by Crippen LogP contribution is -2.03. The maximum atomic E-state index is 3.77. The summed E-state index contributed by atoms with van der Waals surface area (Å²) in [5, 5.41) is 3.55. The standard InChI is InChI=1S/C18H17Br2N/c19-14-7-2-1-3-8-15(12-14)21-17-11-10-13-6-4-5-9-16(13)18(17)20/h1-2,4,6,8,10-12,21H,3,5,7,9H2. The molecule has 0 heterocycles. The van der Waals surface area contributed by atoms with Gasteiger partial charge in [0, 0.05) is 14.7 Å². The Labute approximate surface area is 142 Å². The number of benzene rings is 1. The molecule has 1 N–H and O–H groups in total. The summed E-state index contributed by atoms with van der Waals surface area (Å²) in [6.07, 6.45) is 17.3. The van der Waals surface area contributed by atoms with Gasteiger partial charge in [0.25, 0.3) is 0 Å². The maximum Gasteiger partial charge on any atom is 0.0531 e. The van der Waals surface area contributed by atoms with Crippen molar-refractivity contribution >= 4 is 43.6 Å². The van der Waals surface area contributed by atoms with Crippen LogP contribution in [-0.2, 0) is 6.42 Å². The molecular formula is C18H17Br2N. The second-order valence-electron chi connectivity index (χ2n) is 5.22. The minimum absolute atomic E-state index is 0.954. The summed E-state index contributed by atoms with van der Waals surface area (Å²) >= 11 is 7.39. The second kappa shape index (κ2) is 6.80. The Kier molecular flexibility index (Phi) is 4.81. The van der Waals surface area contributed by atoms with Gasteiger partial charge in [-0.05, 0) is 64.9 Å². The van der Waals surface area contributed by atoms with Crippen LogP contribution >= 0.6 is 31.9 Å². The molecule has 3 rings (SSSR count). The van der Waals surface area contributed by atoms with E-state index in [1.54, 1.807) is 0 Å². The second-order valence-corrected chi connectivity index (χ2v) is 7.03. The van der Waals surface area contributed by atoms with Crippen LogP contribution in [0.5, 0.6) is 0 Å². The summed E-state index contributed by atoms with van der Waals surface area (Å²) in [6, 6.07) is 4.34. The van der Waals surface area contributed by atoms with Crippen LogP contribution in [0.15, 0.2) is 57.2 Å². The summed E-state index contributed by atoms with van der Waals surface area (Å²) in [7, 11) is 0. The summed E-state index contributed by atoms with van der Waals surface area (Å²) < 4.78 is 2.38. The molecule has 0 radical (unpaired) electrons. The molecule has 3 heteroatoms. The predicted molar refractivity (Wildman–Crippen MR) is 98.6 cm³/mol. The first kappa shape index (κ1) is 14.9. The van der Waals surface area contributed by atoms with Gasteiger partial charge in [0.1, 0.15) is 0 Å². The van der Waals surface area contributed by atoms with Gasteiger partial charge in [-0.25, -0.2) is 0 Å². The highest BCUT2D eigenvalue weighted by molar-refractivity contribution is 9.11. The first-order valence-corrected chi connectivity index (χ1v) is 8.79. The third-order valence-corrected chi connectivity index (χ3v) is 5.14. The Balaban J connectivity index is 1.90. The maximum absolute atomic E-state index is 3.77. The molecule has 0 fully saturated rings. The van der Waals surface area contributed by atoms with Gasteiger partial charge in [0.15, 0.2) is 0 Å². The molecule has 0 amide bonds. The molecule has 0 unspecified atom stereocenters. The van der Waals surface area contributed by atoms with Gasteiger partial charge in [-0.3, -0.25) is 0 Å². The molecular weight excluding hydrogens is 390 g/mol. The highest BCUT2D eigenvalue weighted by Gasteiger charge is 2.12. The molecule has 0 saturated carbocycles. The largest absolute Gasteiger partial charge is 0.355 e. The monoisotopic (exact) mass is 405 g/mol. The topological polar surface area (TPSA) is 12.0 Å². The van der Waals surface area contributed by atoms with Crippen LogP contribution in [0, 0.1) is 0 Å². The van der Waals surface area contributed by atoms with E-state index in [-0.39, 0.29) is 0 Å². The van der Waals surface area contributed by atoms with E-state index in [4.69, 9.17) is 0 Å².